The van der Waals surface area contributed by atoms with E-state index < -0.39 is 0 Å². The molecule has 0 aromatic carbocycles. The summed E-state index contributed by atoms with van der Waals surface area (Å²) in [6, 6.07) is 0. The van der Waals surface area contributed by atoms with Gasteiger partial charge >= 0.3 is 0 Å². The maximum atomic E-state index is 10.2. The zero-order valence-corrected chi connectivity index (χ0v) is 11.2. The van der Waals surface area contributed by atoms with Gasteiger partial charge in [-0.25, -0.2) is 0 Å². The second-order valence-electron chi connectivity index (χ2n) is 7.14. The van der Waals surface area contributed by atoms with Gasteiger partial charge in [-0.15, -0.1) is 0 Å². The number of nitrogens with one attached hydrogen (secondary N) is 1. The lowest BCUT2D eigenvalue weighted by Gasteiger charge is -2.44. The number of aliphatic hydroxyl groups is 1. The number of piperidine rings is 1. The molecule has 0 saturated carbocycles. The van der Waals surface area contributed by atoms with Gasteiger partial charge in [-0.1, -0.05) is 20.8 Å². The Bertz CT molecular complexity index is 212. The maximum absolute atomic E-state index is 10.2. The first kappa shape index (κ1) is 13.0. The van der Waals surface area contributed by atoms with E-state index in [0.717, 1.165) is 13.0 Å². The van der Waals surface area contributed by atoms with Crippen molar-refractivity contribution in [3.05, 3.63) is 0 Å². The van der Waals surface area contributed by atoms with E-state index in [1.54, 1.807) is 0 Å². The molecule has 0 amide bonds. The van der Waals surface area contributed by atoms with Gasteiger partial charge in [0, 0.05) is 12.3 Å². The third-order valence-electron chi connectivity index (χ3n) is 3.85. The van der Waals surface area contributed by atoms with Gasteiger partial charge in [0.2, 0.25) is 0 Å². The molecule has 1 fully saturated rings. The Morgan fingerprint density at radius 3 is 1.93 bits per heavy atom. The van der Waals surface area contributed by atoms with Crippen LogP contribution in [0.1, 0.15) is 48.0 Å². The Labute approximate surface area is 94.7 Å². The average Bonchev–Trinajstić information content (AvgIpc) is 1.99. The third-order valence-corrected chi connectivity index (χ3v) is 3.85. The van der Waals surface area contributed by atoms with Crippen molar-refractivity contribution in [1.82, 2.24) is 0 Å². The summed E-state index contributed by atoms with van der Waals surface area (Å²) < 4.78 is 0. The first-order valence-electron chi connectivity index (χ1n) is 6.15. The Morgan fingerprint density at radius 2 is 1.60 bits per heavy atom. The highest BCUT2D eigenvalue weighted by Gasteiger charge is 2.40. The van der Waals surface area contributed by atoms with Crippen molar-refractivity contribution in [3.63, 3.8) is 0 Å². The van der Waals surface area contributed by atoms with E-state index in [1.165, 1.54) is 11.4 Å². The molecule has 0 aromatic heterocycles. The normalized spacial score (nSPS) is 34.2. The molecule has 0 spiro atoms. The van der Waals surface area contributed by atoms with Gasteiger partial charge in [-0.05, 0) is 26.2 Å². The van der Waals surface area contributed by atoms with Crippen LogP contribution in [0.4, 0.5) is 0 Å². The van der Waals surface area contributed by atoms with Gasteiger partial charge in [-0.3, -0.25) is 0 Å². The lowest BCUT2D eigenvalue weighted by molar-refractivity contribution is -0.955. The van der Waals surface area contributed by atoms with Crippen LogP contribution in [0.15, 0.2) is 0 Å². The molecular formula is C13H28NO+. The summed E-state index contributed by atoms with van der Waals surface area (Å²) in [4.78, 5) is 1.54. The van der Waals surface area contributed by atoms with Crippen LogP contribution in [0.5, 0.6) is 0 Å². The topological polar surface area (TPSA) is 24.7 Å². The minimum absolute atomic E-state index is 0.132. The third kappa shape index (κ3) is 3.18. The van der Waals surface area contributed by atoms with Crippen LogP contribution in [-0.4, -0.2) is 29.8 Å². The van der Waals surface area contributed by atoms with Crippen molar-refractivity contribution in [1.29, 1.82) is 0 Å². The number of hydrogen-bond donors (Lipinski definition) is 2. The van der Waals surface area contributed by atoms with E-state index >= 15 is 0 Å². The molecule has 1 aliphatic heterocycles. The van der Waals surface area contributed by atoms with Gasteiger partial charge in [0.1, 0.15) is 12.6 Å². The fourth-order valence-electron chi connectivity index (χ4n) is 2.71. The molecule has 15 heavy (non-hydrogen) atoms. The van der Waals surface area contributed by atoms with Crippen molar-refractivity contribution >= 4 is 0 Å². The molecule has 0 radical (unpaired) electrons. The quantitative estimate of drug-likeness (QED) is 0.620. The van der Waals surface area contributed by atoms with E-state index in [4.69, 9.17) is 0 Å². The lowest BCUT2D eigenvalue weighted by Crippen LogP contribution is -3.21. The van der Waals surface area contributed by atoms with Crippen LogP contribution >= 0.6 is 0 Å². The van der Waals surface area contributed by atoms with Crippen LogP contribution in [0.25, 0.3) is 0 Å². The van der Waals surface area contributed by atoms with Crippen LogP contribution < -0.4 is 4.90 Å². The Balaban J connectivity index is 2.64. The smallest absolute Gasteiger partial charge is 0.106 e. The predicted octanol–water partition coefficient (Wildman–Crippen LogP) is 1.10. The molecule has 1 aliphatic rings. The molecule has 2 heteroatoms. The van der Waals surface area contributed by atoms with Gasteiger partial charge in [0.25, 0.3) is 0 Å². The van der Waals surface area contributed by atoms with Gasteiger partial charge in [-0.2, -0.15) is 0 Å². The molecule has 0 aromatic rings. The number of rotatable bonds is 0. The van der Waals surface area contributed by atoms with E-state index in [9.17, 15) is 5.11 Å². The lowest BCUT2D eigenvalue weighted by atomic mass is 9.73. The number of hydrogen-bond acceptors (Lipinski definition) is 1. The summed E-state index contributed by atoms with van der Waals surface area (Å²) in [5.41, 5.74) is 0.507. The summed E-state index contributed by atoms with van der Waals surface area (Å²) >= 11 is 0. The van der Waals surface area contributed by atoms with Gasteiger partial charge < -0.3 is 10.0 Å². The summed E-state index contributed by atoms with van der Waals surface area (Å²) in [6.45, 7) is 15.6. The summed E-state index contributed by atoms with van der Waals surface area (Å²) in [5, 5.41) is 10.2. The van der Waals surface area contributed by atoms with Crippen molar-refractivity contribution in [2.75, 3.05) is 13.1 Å². The molecule has 2 N–H and O–H groups in total. The fraction of sp³-hybridized carbons (Fsp3) is 1.00. The van der Waals surface area contributed by atoms with Crippen molar-refractivity contribution in [3.8, 4) is 0 Å². The standard InChI is InChI=1S/C13H27NO/c1-12(2,3)10-7-8-14(9-11(10)15)13(4,5)6/h10-11,15H,7-9H2,1-6H3/p+1/t10-,11-/m0/s1. The molecule has 1 unspecified atom stereocenters. The highest BCUT2D eigenvalue weighted by molar-refractivity contribution is 4.82. The molecule has 1 rings (SSSR count). The second-order valence-corrected chi connectivity index (χ2v) is 7.14. The summed E-state index contributed by atoms with van der Waals surface area (Å²) in [7, 11) is 0. The highest BCUT2D eigenvalue weighted by atomic mass is 16.3. The van der Waals surface area contributed by atoms with Crippen LogP contribution in [0, 0.1) is 11.3 Å². The monoisotopic (exact) mass is 214 g/mol. The van der Waals surface area contributed by atoms with Crippen LogP contribution in [0.3, 0.4) is 0 Å². The van der Waals surface area contributed by atoms with E-state index in [2.05, 4.69) is 41.5 Å². The first-order valence-corrected chi connectivity index (χ1v) is 6.15. The molecular weight excluding hydrogens is 186 g/mol. The van der Waals surface area contributed by atoms with E-state index in [0.29, 0.717) is 5.92 Å². The van der Waals surface area contributed by atoms with Crippen LogP contribution in [0.2, 0.25) is 0 Å². The second kappa shape index (κ2) is 4.06. The average molecular weight is 214 g/mol. The van der Waals surface area contributed by atoms with E-state index in [-0.39, 0.29) is 17.1 Å². The van der Waals surface area contributed by atoms with Crippen molar-refractivity contribution in [2.24, 2.45) is 11.3 Å². The molecule has 1 saturated heterocycles. The van der Waals surface area contributed by atoms with E-state index in [1.807, 2.05) is 0 Å². The minimum atomic E-state index is -0.132. The van der Waals surface area contributed by atoms with Gasteiger partial charge in [0.05, 0.1) is 12.1 Å². The molecule has 90 valence electrons. The molecule has 3 atom stereocenters. The summed E-state index contributed by atoms with van der Waals surface area (Å²) in [5.74, 6) is 0.462. The fourth-order valence-corrected chi connectivity index (χ4v) is 2.71. The highest BCUT2D eigenvalue weighted by Crippen LogP contribution is 2.32. The maximum Gasteiger partial charge on any atom is 0.106 e. The minimum Gasteiger partial charge on any atom is -0.387 e. The summed E-state index contributed by atoms with van der Waals surface area (Å²) in [6.07, 6.45) is 1.02. The predicted molar refractivity (Wildman–Crippen MR) is 64.0 cm³/mol. The van der Waals surface area contributed by atoms with Crippen molar-refractivity contribution in [2.45, 2.75) is 59.6 Å². The Morgan fingerprint density at radius 1 is 1.07 bits per heavy atom. The number of likely N-dealkylation sites (tertiary alicyclic amines) is 1. The zero-order chi connectivity index (χ0) is 11.9. The van der Waals surface area contributed by atoms with Crippen LogP contribution in [-0.2, 0) is 0 Å². The van der Waals surface area contributed by atoms with Crippen molar-refractivity contribution < 1.29 is 10.0 Å². The molecule has 2 nitrogen and oxygen atoms in total. The Kier molecular flexibility index (Phi) is 3.52. The number of aliphatic hydroxyl groups excluding tert-OH is 1. The molecule has 0 aliphatic carbocycles. The largest absolute Gasteiger partial charge is 0.387 e. The Hall–Kier alpha value is -0.0800. The SMILES string of the molecule is CC(C)(C)[C@H]1CC[NH+](C(C)(C)C)C[C@@H]1O. The zero-order valence-electron chi connectivity index (χ0n) is 11.2. The molecule has 1 heterocycles. The number of quaternary nitrogens is 1. The van der Waals surface area contributed by atoms with Gasteiger partial charge in [0.15, 0.2) is 0 Å². The first-order chi connectivity index (χ1) is 6.62. The molecule has 0 bridgehead atoms.